The maximum atomic E-state index is 5.90. The molecule has 5 heteroatoms. The Hall–Kier alpha value is -1.68. The van der Waals surface area contributed by atoms with Crippen LogP contribution in [0.4, 0.5) is 5.82 Å². The number of pyridine rings is 1. The average Bonchev–Trinajstić information content (AvgIpc) is 3.02. The zero-order valence-electron chi connectivity index (χ0n) is 12.1. The van der Waals surface area contributed by atoms with E-state index < -0.39 is 0 Å². The molecular weight excluding hydrogens is 284 g/mol. The lowest BCUT2D eigenvalue weighted by Gasteiger charge is -2.12. The molecule has 1 aliphatic carbocycles. The maximum absolute atomic E-state index is 5.90. The molecule has 0 aromatic carbocycles. The monoisotopic (exact) mass is 302 g/mol. The average molecular weight is 303 g/mol. The van der Waals surface area contributed by atoms with E-state index in [0.29, 0.717) is 16.8 Å². The Labute approximate surface area is 130 Å². The van der Waals surface area contributed by atoms with Gasteiger partial charge in [0.25, 0.3) is 0 Å². The fourth-order valence-corrected chi connectivity index (χ4v) is 2.90. The molecule has 0 spiro atoms. The van der Waals surface area contributed by atoms with E-state index in [1.165, 1.54) is 25.7 Å². The minimum Gasteiger partial charge on any atom is -0.370 e. The van der Waals surface area contributed by atoms with Crippen LogP contribution in [0.15, 0.2) is 24.4 Å². The van der Waals surface area contributed by atoms with Crippen molar-refractivity contribution < 1.29 is 0 Å². The van der Waals surface area contributed by atoms with E-state index in [0.717, 1.165) is 23.8 Å². The molecule has 2 heterocycles. The lowest BCUT2D eigenvalue weighted by molar-refractivity contribution is 0.695. The molecule has 2 aromatic heterocycles. The first-order valence-corrected chi connectivity index (χ1v) is 7.89. The van der Waals surface area contributed by atoms with Gasteiger partial charge in [-0.25, -0.2) is 9.97 Å². The molecule has 0 aliphatic heterocycles. The highest BCUT2D eigenvalue weighted by molar-refractivity contribution is 6.30. The van der Waals surface area contributed by atoms with E-state index in [4.69, 9.17) is 16.6 Å². The third kappa shape index (κ3) is 3.32. The largest absolute Gasteiger partial charge is 0.370 e. The maximum Gasteiger partial charge on any atom is 0.180 e. The van der Waals surface area contributed by atoms with Crippen LogP contribution in [-0.2, 0) is 0 Å². The Bertz CT molecular complexity index is 606. The van der Waals surface area contributed by atoms with Gasteiger partial charge < -0.3 is 5.32 Å². The number of hydrogen-bond donors (Lipinski definition) is 1. The lowest BCUT2D eigenvalue weighted by atomic mass is 10.0. The van der Waals surface area contributed by atoms with Gasteiger partial charge in [-0.15, -0.1) is 0 Å². The molecule has 0 unspecified atom stereocenters. The Kier molecular flexibility index (Phi) is 4.34. The van der Waals surface area contributed by atoms with E-state index in [-0.39, 0.29) is 0 Å². The SMILES string of the molecule is CCNc1cc(C2CCCC2)nc(-c2ccc(Cl)cn2)n1. The summed E-state index contributed by atoms with van der Waals surface area (Å²) < 4.78 is 0. The van der Waals surface area contributed by atoms with E-state index >= 15 is 0 Å². The predicted octanol–water partition coefficient (Wildman–Crippen LogP) is 4.28. The van der Waals surface area contributed by atoms with Gasteiger partial charge in [0.15, 0.2) is 5.82 Å². The molecule has 0 saturated heterocycles. The molecule has 3 rings (SSSR count). The molecule has 0 amide bonds. The number of aromatic nitrogens is 3. The van der Waals surface area contributed by atoms with Crippen molar-refractivity contribution >= 4 is 17.4 Å². The van der Waals surface area contributed by atoms with Gasteiger partial charge in [-0.05, 0) is 31.9 Å². The molecule has 1 aliphatic rings. The summed E-state index contributed by atoms with van der Waals surface area (Å²) in [6.07, 6.45) is 6.65. The molecule has 1 saturated carbocycles. The van der Waals surface area contributed by atoms with Gasteiger partial charge in [0.05, 0.1) is 5.02 Å². The standard InChI is InChI=1S/C16H19ClN4/c1-2-18-15-9-14(11-5-3-4-6-11)20-16(21-15)13-8-7-12(17)10-19-13/h7-11H,2-6H2,1H3,(H,18,20,21). The van der Waals surface area contributed by atoms with Gasteiger partial charge in [-0.2, -0.15) is 0 Å². The van der Waals surface area contributed by atoms with Crippen LogP contribution in [0.3, 0.4) is 0 Å². The summed E-state index contributed by atoms with van der Waals surface area (Å²) in [5, 5.41) is 3.91. The molecule has 0 bridgehead atoms. The highest BCUT2D eigenvalue weighted by Gasteiger charge is 2.20. The number of nitrogens with one attached hydrogen (secondary N) is 1. The summed E-state index contributed by atoms with van der Waals surface area (Å²) in [5.41, 5.74) is 1.89. The molecule has 0 radical (unpaired) electrons. The lowest BCUT2D eigenvalue weighted by Crippen LogP contribution is -2.06. The molecule has 2 aromatic rings. The summed E-state index contributed by atoms with van der Waals surface area (Å²) >= 11 is 5.90. The molecule has 110 valence electrons. The Morgan fingerprint density at radius 3 is 2.71 bits per heavy atom. The van der Waals surface area contributed by atoms with E-state index in [1.54, 1.807) is 6.20 Å². The summed E-state index contributed by atoms with van der Waals surface area (Å²) in [5.74, 6) is 2.10. The van der Waals surface area contributed by atoms with Crippen LogP contribution in [-0.4, -0.2) is 21.5 Å². The fourth-order valence-electron chi connectivity index (χ4n) is 2.79. The molecule has 4 nitrogen and oxygen atoms in total. The van der Waals surface area contributed by atoms with Crippen molar-refractivity contribution in [1.82, 2.24) is 15.0 Å². The predicted molar refractivity (Wildman–Crippen MR) is 85.6 cm³/mol. The van der Waals surface area contributed by atoms with Crippen LogP contribution >= 0.6 is 11.6 Å². The normalized spacial score (nSPS) is 15.3. The van der Waals surface area contributed by atoms with Crippen LogP contribution in [0.1, 0.15) is 44.2 Å². The van der Waals surface area contributed by atoms with Crippen molar-refractivity contribution in [2.45, 2.75) is 38.5 Å². The quantitative estimate of drug-likeness (QED) is 0.915. The van der Waals surface area contributed by atoms with Gasteiger partial charge in [0.1, 0.15) is 11.5 Å². The van der Waals surface area contributed by atoms with Crippen LogP contribution in [0, 0.1) is 0 Å². The Morgan fingerprint density at radius 2 is 2.05 bits per heavy atom. The highest BCUT2D eigenvalue weighted by atomic mass is 35.5. The molecule has 0 atom stereocenters. The Balaban J connectivity index is 1.99. The molecule has 1 N–H and O–H groups in total. The summed E-state index contributed by atoms with van der Waals surface area (Å²) in [7, 11) is 0. The van der Waals surface area contributed by atoms with Crippen molar-refractivity contribution in [2.24, 2.45) is 0 Å². The van der Waals surface area contributed by atoms with Gasteiger partial charge >= 0.3 is 0 Å². The van der Waals surface area contributed by atoms with E-state index in [2.05, 4.69) is 28.3 Å². The van der Waals surface area contributed by atoms with E-state index in [1.807, 2.05) is 12.1 Å². The van der Waals surface area contributed by atoms with Crippen molar-refractivity contribution in [2.75, 3.05) is 11.9 Å². The van der Waals surface area contributed by atoms with Crippen molar-refractivity contribution in [3.8, 4) is 11.5 Å². The first kappa shape index (κ1) is 14.3. The topological polar surface area (TPSA) is 50.7 Å². The van der Waals surface area contributed by atoms with Crippen molar-refractivity contribution in [3.05, 3.63) is 35.1 Å². The highest BCUT2D eigenvalue weighted by Crippen LogP contribution is 2.34. The molecule has 21 heavy (non-hydrogen) atoms. The van der Waals surface area contributed by atoms with Gasteiger partial charge in [-0.3, -0.25) is 4.98 Å². The first-order chi connectivity index (χ1) is 10.3. The fraction of sp³-hybridized carbons (Fsp3) is 0.438. The van der Waals surface area contributed by atoms with Gasteiger partial charge in [-0.1, -0.05) is 24.4 Å². The third-order valence-electron chi connectivity index (χ3n) is 3.83. The summed E-state index contributed by atoms with van der Waals surface area (Å²) in [4.78, 5) is 13.6. The minimum absolute atomic E-state index is 0.552. The number of rotatable bonds is 4. The Morgan fingerprint density at radius 1 is 1.24 bits per heavy atom. The third-order valence-corrected chi connectivity index (χ3v) is 4.06. The number of nitrogens with zero attached hydrogens (tertiary/aromatic N) is 3. The summed E-state index contributed by atoms with van der Waals surface area (Å²) in [6.45, 7) is 2.91. The second-order valence-corrected chi connectivity index (χ2v) is 5.81. The zero-order chi connectivity index (χ0) is 14.7. The van der Waals surface area contributed by atoms with Crippen LogP contribution < -0.4 is 5.32 Å². The van der Waals surface area contributed by atoms with Gasteiger partial charge in [0, 0.05) is 30.4 Å². The minimum atomic E-state index is 0.552. The van der Waals surface area contributed by atoms with Crippen LogP contribution in [0.5, 0.6) is 0 Å². The van der Waals surface area contributed by atoms with Gasteiger partial charge in [0.2, 0.25) is 0 Å². The molecular formula is C16H19ClN4. The van der Waals surface area contributed by atoms with Crippen LogP contribution in [0.25, 0.3) is 11.5 Å². The second-order valence-electron chi connectivity index (χ2n) is 5.38. The number of hydrogen-bond acceptors (Lipinski definition) is 4. The van der Waals surface area contributed by atoms with Crippen LogP contribution in [0.2, 0.25) is 5.02 Å². The van der Waals surface area contributed by atoms with E-state index in [9.17, 15) is 0 Å². The van der Waals surface area contributed by atoms with Crippen molar-refractivity contribution in [1.29, 1.82) is 0 Å². The second kappa shape index (κ2) is 6.39. The summed E-state index contributed by atoms with van der Waals surface area (Å²) in [6, 6.07) is 5.77. The number of anilines is 1. The smallest absolute Gasteiger partial charge is 0.180 e. The van der Waals surface area contributed by atoms with Crippen molar-refractivity contribution in [3.63, 3.8) is 0 Å². The number of halogens is 1. The molecule has 1 fully saturated rings. The zero-order valence-corrected chi connectivity index (χ0v) is 12.9. The first-order valence-electron chi connectivity index (χ1n) is 7.51.